The summed E-state index contributed by atoms with van der Waals surface area (Å²) in [5.41, 5.74) is 3.99. The van der Waals surface area contributed by atoms with Crippen LogP contribution >= 0.6 is 22.7 Å². The Balaban J connectivity index is 1.94. The maximum Gasteiger partial charge on any atom is 0.273 e. The molecule has 0 amide bonds. The quantitative estimate of drug-likeness (QED) is 0.408. The molecule has 0 aliphatic carbocycles. The topological polar surface area (TPSA) is 29.7 Å². The van der Waals surface area contributed by atoms with E-state index < -0.39 is 0 Å². The lowest BCUT2D eigenvalue weighted by atomic mass is 10.2. The van der Waals surface area contributed by atoms with Gasteiger partial charge in [-0.05, 0) is 18.2 Å². The molecule has 1 aliphatic rings. The predicted molar refractivity (Wildman–Crippen MR) is 77.5 cm³/mol. The van der Waals surface area contributed by atoms with Crippen molar-refractivity contribution in [1.29, 1.82) is 0 Å². The molecule has 0 radical (unpaired) electrons. The fourth-order valence-corrected chi connectivity index (χ4v) is 5.32. The number of nitrogens with zero attached hydrogens (tertiary/aromatic N) is 3. The van der Waals surface area contributed by atoms with Gasteiger partial charge >= 0.3 is 0 Å². The first-order valence-electron chi connectivity index (χ1n) is 6.05. The molecule has 3 nitrogen and oxygen atoms in total. The Hall–Kier alpha value is -1.85. The van der Waals surface area contributed by atoms with Gasteiger partial charge in [0, 0.05) is 24.2 Å². The van der Waals surface area contributed by atoms with Gasteiger partial charge in [-0.25, -0.2) is 4.98 Å². The van der Waals surface area contributed by atoms with Gasteiger partial charge in [0.25, 0.3) is 5.01 Å². The molecule has 5 heteroatoms. The summed E-state index contributed by atoms with van der Waals surface area (Å²) in [5, 5.41) is 2.60. The zero-order valence-corrected chi connectivity index (χ0v) is 11.5. The Bertz CT molecular complexity index is 952. The first-order valence-corrected chi connectivity index (χ1v) is 7.68. The lowest BCUT2D eigenvalue weighted by Crippen LogP contribution is -2.30. The molecule has 0 bridgehead atoms. The summed E-state index contributed by atoms with van der Waals surface area (Å²) in [4.78, 5) is 9.85. The van der Waals surface area contributed by atoms with Gasteiger partial charge in [-0.1, -0.05) is 22.7 Å². The van der Waals surface area contributed by atoms with Gasteiger partial charge in [-0.3, -0.25) is 4.98 Å². The molecular formula is C14H8N3S2+. The monoisotopic (exact) mass is 282 g/mol. The lowest BCUT2D eigenvalue weighted by Gasteiger charge is -1.89. The van der Waals surface area contributed by atoms with Crippen LogP contribution in [0.1, 0.15) is 5.56 Å². The van der Waals surface area contributed by atoms with Gasteiger partial charge in [0.1, 0.15) is 4.83 Å². The number of hydrogen-bond donors (Lipinski definition) is 0. The summed E-state index contributed by atoms with van der Waals surface area (Å²) in [6.07, 6.45) is 5.72. The van der Waals surface area contributed by atoms with Crippen LogP contribution in [0.15, 0.2) is 36.8 Å². The number of hydrogen-bond acceptors (Lipinski definition) is 4. The molecule has 90 valence electrons. The number of aromatic nitrogens is 3. The average molecular weight is 282 g/mol. The zero-order valence-electron chi connectivity index (χ0n) is 9.83. The van der Waals surface area contributed by atoms with Gasteiger partial charge in [0.05, 0.1) is 10.9 Å². The smallest absolute Gasteiger partial charge is 0.264 e. The van der Waals surface area contributed by atoms with E-state index in [1.807, 2.05) is 36.0 Å². The normalized spacial score (nSPS) is 13.1. The minimum atomic E-state index is 0.952. The van der Waals surface area contributed by atoms with Crippen LogP contribution in [0.25, 0.3) is 30.3 Å². The summed E-state index contributed by atoms with van der Waals surface area (Å²) >= 11 is 3.64. The maximum absolute atomic E-state index is 4.46. The fraction of sp³-hybridized carbons (Fsp3) is 0.0714. The van der Waals surface area contributed by atoms with Crippen LogP contribution in [0, 0.1) is 0 Å². The van der Waals surface area contributed by atoms with Crippen molar-refractivity contribution in [1.82, 2.24) is 9.97 Å². The van der Waals surface area contributed by atoms with Crippen LogP contribution in [-0.2, 0) is 6.54 Å². The van der Waals surface area contributed by atoms with Crippen molar-refractivity contribution >= 4 is 42.4 Å². The highest BCUT2D eigenvalue weighted by atomic mass is 32.2. The van der Waals surface area contributed by atoms with Crippen LogP contribution in [-0.4, -0.2) is 9.97 Å². The molecule has 5 heterocycles. The van der Waals surface area contributed by atoms with Gasteiger partial charge in [0.15, 0.2) is 10.6 Å². The molecule has 0 saturated carbocycles. The van der Waals surface area contributed by atoms with Crippen LogP contribution in [0.2, 0.25) is 0 Å². The molecule has 0 atom stereocenters. The molecule has 19 heavy (non-hydrogen) atoms. The third-order valence-corrected chi connectivity index (χ3v) is 5.99. The van der Waals surface area contributed by atoms with E-state index >= 15 is 0 Å². The third-order valence-electron chi connectivity index (χ3n) is 3.58. The standard InChI is InChI=1S/C14H8N3S2/c1-2-9-11-14(18-12(9)16-4-1)19-13-10-6-15-5-3-8(10)7-17(11)13/h1-6H,7H2/q+1. The second kappa shape index (κ2) is 3.37. The van der Waals surface area contributed by atoms with Crippen molar-refractivity contribution in [3.05, 3.63) is 42.4 Å². The van der Waals surface area contributed by atoms with Crippen LogP contribution in [0.5, 0.6) is 0 Å². The van der Waals surface area contributed by atoms with E-state index in [-0.39, 0.29) is 0 Å². The Morgan fingerprint density at radius 2 is 2.16 bits per heavy atom. The third kappa shape index (κ3) is 1.19. The number of rotatable bonds is 0. The van der Waals surface area contributed by atoms with E-state index in [0.29, 0.717) is 0 Å². The maximum atomic E-state index is 4.46. The number of thiophene rings is 1. The number of fused-ring (bicyclic) bond motifs is 7. The zero-order chi connectivity index (χ0) is 12.4. The SMILES string of the molecule is c1cnc2sc3sc4[n+](c3c2c1)Cc1ccncc1-4. The highest BCUT2D eigenvalue weighted by Gasteiger charge is 2.33. The van der Waals surface area contributed by atoms with Gasteiger partial charge in [-0.15, -0.1) is 0 Å². The van der Waals surface area contributed by atoms with Crippen molar-refractivity contribution < 1.29 is 4.57 Å². The second-order valence-corrected chi connectivity index (χ2v) is 6.88. The molecule has 1 aliphatic heterocycles. The summed E-state index contributed by atoms with van der Waals surface area (Å²) in [7, 11) is 0. The highest BCUT2D eigenvalue weighted by molar-refractivity contribution is 7.42. The van der Waals surface area contributed by atoms with Crippen molar-refractivity contribution in [3.63, 3.8) is 0 Å². The van der Waals surface area contributed by atoms with E-state index in [0.717, 1.165) is 11.4 Å². The molecule has 0 saturated heterocycles. The van der Waals surface area contributed by atoms with E-state index in [4.69, 9.17) is 0 Å². The minimum Gasteiger partial charge on any atom is -0.264 e. The first kappa shape index (κ1) is 10.00. The summed E-state index contributed by atoms with van der Waals surface area (Å²) < 4.78 is 3.77. The largest absolute Gasteiger partial charge is 0.273 e. The van der Waals surface area contributed by atoms with Gasteiger partial charge in [-0.2, -0.15) is 4.57 Å². The minimum absolute atomic E-state index is 0.952. The van der Waals surface area contributed by atoms with Crippen molar-refractivity contribution in [2.45, 2.75) is 6.54 Å². The van der Waals surface area contributed by atoms with Gasteiger partial charge in [0.2, 0.25) is 5.52 Å². The molecule has 5 rings (SSSR count). The van der Waals surface area contributed by atoms with Crippen LogP contribution < -0.4 is 4.57 Å². The van der Waals surface area contributed by atoms with Crippen LogP contribution in [0.3, 0.4) is 0 Å². The van der Waals surface area contributed by atoms with Crippen molar-refractivity contribution in [3.8, 4) is 10.6 Å². The van der Waals surface area contributed by atoms with Crippen molar-refractivity contribution in [2.24, 2.45) is 0 Å². The summed E-state index contributed by atoms with van der Waals surface area (Å²) in [6, 6.07) is 6.30. The molecule has 0 aromatic carbocycles. The molecule has 4 aromatic heterocycles. The fourth-order valence-electron chi connectivity index (χ4n) is 2.74. The molecule has 0 N–H and O–H groups in total. The summed E-state index contributed by atoms with van der Waals surface area (Å²) in [5.74, 6) is 0. The average Bonchev–Trinajstić information content (AvgIpc) is 3.05. The molecule has 0 unspecified atom stereocenters. The summed E-state index contributed by atoms with van der Waals surface area (Å²) in [6.45, 7) is 0.952. The van der Waals surface area contributed by atoms with Crippen LogP contribution in [0.4, 0.5) is 0 Å². The van der Waals surface area contributed by atoms with E-state index in [1.165, 1.54) is 31.1 Å². The van der Waals surface area contributed by atoms with Gasteiger partial charge < -0.3 is 0 Å². The predicted octanol–water partition coefficient (Wildman–Crippen LogP) is 3.22. The highest BCUT2D eigenvalue weighted by Crippen LogP contribution is 2.41. The molecule has 0 spiro atoms. The van der Waals surface area contributed by atoms with E-state index in [1.54, 1.807) is 11.3 Å². The number of pyridine rings is 2. The number of thiazole rings is 1. The van der Waals surface area contributed by atoms with E-state index in [9.17, 15) is 0 Å². The van der Waals surface area contributed by atoms with E-state index in [2.05, 4.69) is 26.7 Å². The molecule has 0 fully saturated rings. The molecular weight excluding hydrogens is 274 g/mol. The van der Waals surface area contributed by atoms with Crippen molar-refractivity contribution in [2.75, 3.05) is 0 Å². The second-order valence-electron chi connectivity index (χ2n) is 4.62. The Kier molecular flexibility index (Phi) is 1.78. The Morgan fingerprint density at radius 3 is 3.16 bits per heavy atom. The first-order chi connectivity index (χ1) is 9.42. The Morgan fingerprint density at radius 1 is 1.16 bits per heavy atom. The Labute approximate surface area is 116 Å². The molecule has 4 aromatic rings. The lowest BCUT2D eigenvalue weighted by molar-refractivity contribution is -0.641.